The molecule has 1 aliphatic rings. The summed E-state index contributed by atoms with van der Waals surface area (Å²) in [5.41, 5.74) is 0. The van der Waals surface area contributed by atoms with Gasteiger partial charge in [-0.15, -0.1) is 0 Å². The number of rotatable bonds is 0. The Hall–Kier alpha value is -1.06. The highest BCUT2D eigenvalue weighted by Crippen LogP contribution is 2.07. The van der Waals surface area contributed by atoms with E-state index >= 15 is 0 Å². The molecule has 0 aromatic carbocycles. The van der Waals surface area contributed by atoms with Crippen LogP contribution in [0.5, 0.6) is 0 Å². The van der Waals surface area contributed by atoms with E-state index in [1.807, 2.05) is 0 Å². The summed E-state index contributed by atoms with van der Waals surface area (Å²) < 4.78 is 24.9. The third-order valence-corrected chi connectivity index (χ3v) is 1.18. The molecule has 0 bridgehead atoms. The normalized spacial score (nSPS) is 41.5. The maximum atomic E-state index is 12.5. The van der Waals surface area contributed by atoms with Crippen molar-refractivity contribution in [2.45, 2.75) is 13.2 Å². The lowest BCUT2D eigenvalue weighted by molar-refractivity contribution is 0.443. The lowest BCUT2D eigenvalue weighted by Crippen LogP contribution is -2.03. The van der Waals surface area contributed by atoms with Gasteiger partial charge in [-0.25, -0.2) is 9.38 Å². The zero-order valence-corrected chi connectivity index (χ0v) is 6.04. The van der Waals surface area contributed by atoms with Gasteiger partial charge in [0.05, 0.1) is 6.21 Å². The summed E-state index contributed by atoms with van der Waals surface area (Å²) in [7, 11) is 0. The second-order valence-electron chi connectivity index (χ2n) is 2.30. The Morgan fingerprint density at radius 3 is 2.91 bits per heavy atom. The van der Waals surface area contributed by atoms with Crippen molar-refractivity contribution in [3.63, 3.8) is 0 Å². The number of alkyl halides is 1. The first kappa shape index (κ1) is 8.04. The number of nitrogens with zero attached hydrogens (tertiary/aromatic N) is 2. The summed E-state index contributed by atoms with van der Waals surface area (Å²) in [4.78, 5) is 6.64. The van der Waals surface area contributed by atoms with Gasteiger partial charge in [-0.3, -0.25) is 4.99 Å². The van der Waals surface area contributed by atoms with Crippen molar-refractivity contribution in [3.8, 4) is 0 Å². The monoisotopic (exact) mass is 158 g/mol. The third-order valence-electron chi connectivity index (χ3n) is 1.18. The van der Waals surface area contributed by atoms with Gasteiger partial charge in [0, 0.05) is 12.1 Å². The van der Waals surface area contributed by atoms with Gasteiger partial charge in [0.1, 0.15) is 0 Å². The van der Waals surface area contributed by atoms with Gasteiger partial charge >= 0.3 is 0 Å². The molecule has 1 heterocycles. The van der Waals surface area contributed by atoms with Crippen LogP contribution in [-0.2, 0) is 0 Å². The van der Waals surface area contributed by atoms with E-state index in [0.29, 0.717) is 0 Å². The van der Waals surface area contributed by atoms with Crippen LogP contribution in [0.3, 0.4) is 0 Å². The summed E-state index contributed by atoms with van der Waals surface area (Å²) in [5, 5.41) is 0. The molecule has 1 aliphatic heterocycles. The Morgan fingerprint density at radius 2 is 2.18 bits per heavy atom. The molecule has 11 heavy (non-hydrogen) atoms. The quantitative estimate of drug-likeness (QED) is 0.481. The van der Waals surface area contributed by atoms with Gasteiger partial charge in [0.15, 0.2) is 0 Å². The Bertz CT molecular complexity index is 220. The van der Waals surface area contributed by atoms with E-state index in [0.717, 1.165) is 6.21 Å². The summed E-state index contributed by atoms with van der Waals surface area (Å²) >= 11 is 0. The fourth-order valence-corrected chi connectivity index (χ4v) is 0.692. The summed E-state index contributed by atoms with van der Waals surface area (Å²) in [5.74, 6) is -0.864. The largest absolute Gasteiger partial charge is 0.255 e. The summed E-state index contributed by atoms with van der Waals surface area (Å²) in [6.07, 6.45) is 1.94. The predicted molar refractivity (Wildman–Crippen MR) is 40.2 cm³/mol. The van der Waals surface area contributed by atoms with E-state index in [1.165, 1.54) is 12.3 Å². The van der Waals surface area contributed by atoms with Crippen molar-refractivity contribution < 1.29 is 8.78 Å². The van der Waals surface area contributed by atoms with Crippen LogP contribution in [0.4, 0.5) is 8.78 Å². The molecule has 0 saturated heterocycles. The highest BCUT2D eigenvalue weighted by atomic mass is 19.1. The van der Waals surface area contributed by atoms with Crippen LogP contribution in [0.25, 0.3) is 0 Å². The van der Waals surface area contributed by atoms with E-state index in [4.69, 9.17) is 0 Å². The van der Waals surface area contributed by atoms with Crippen molar-refractivity contribution in [2.75, 3.05) is 0 Å². The van der Waals surface area contributed by atoms with Crippen LogP contribution < -0.4 is 0 Å². The standard InChI is InChI=1S/C7H8F2N2/c1-5-2-6(8)11-4-7(9)10-3-5/h2-5,7H,1H3/b6-2-,10-3-,11-4-. The fourth-order valence-electron chi connectivity index (χ4n) is 0.692. The van der Waals surface area contributed by atoms with Crippen LogP contribution >= 0.6 is 0 Å². The lowest BCUT2D eigenvalue weighted by Gasteiger charge is -2.01. The maximum absolute atomic E-state index is 12.5. The average molecular weight is 158 g/mol. The molecule has 0 fully saturated rings. The first-order valence-corrected chi connectivity index (χ1v) is 3.27. The average Bonchev–Trinajstić information content (AvgIpc) is 1.95. The molecule has 2 nitrogen and oxygen atoms in total. The molecule has 4 heteroatoms. The molecule has 0 aliphatic carbocycles. The summed E-state index contributed by atoms with van der Waals surface area (Å²) in [6.45, 7) is 1.70. The smallest absolute Gasteiger partial charge is 0.225 e. The van der Waals surface area contributed by atoms with Crippen molar-refractivity contribution in [1.29, 1.82) is 0 Å². The zero-order valence-electron chi connectivity index (χ0n) is 6.04. The van der Waals surface area contributed by atoms with Gasteiger partial charge < -0.3 is 0 Å². The first-order chi connectivity index (χ1) is 5.18. The maximum Gasteiger partial charge on any atom is 0.225 e. The van der Waals surface area contributed by atoms with Gasteiger partial charge in [-0.2, -0.15) is 4.39 Å². The number of aliphatic imine (C=N–C) groups is 2. The van der Waals surface area contributed by atoms with E-state index < -0.39 is 12.2 Å². The Labute approximate surface area is 63.4 Å². The zero-order chi connectivity index (χ0) is 8.27. The van der Waals surface area contributed by atoms with Gasteiger partial charge in [0.2, 0.25) is 12.2 Å². The van der Waals surface area contributed by atoms with Crippen LogP contribution in [0, 0.1) is 5.92 Å². The minimum absolute atomic E-state index is 0.203. The van der Waals surface area contributed by atoms with E-state index in [9.17, 15) is 8.78 Å². The second kappa shape index (κ2) is 3.37. The Balaban J connectivity index is 2.82. The highest BCUT2D eigenvalue weighted by Gasteiger charge is 2.04. The minimum atomic E-state index is -1.52. The fraction of sp³-hybridized carbons (Fsp3) is 0.429. The van der Waals surface area contributed by atoms with E-state index in [2.05, 4.69) is 9.98 Å². The number of allylic oxidation sites excluding steroid dienone is 1. The molecule has 0 amide bonds. The Kier molecular flexibility index (Phi) is 2.46. The second-order valence-corrected chi connectivity index (χ2v) is 2.30. The van der Waals surface area contributed by atoms with E-state index in [-0.39, 0.29) is 5.92 Å². The molecule has 0 aromatic rings. The predicted octanol–water partition coefficient (Wildman–Crippen LogP) is 1.88. The van der Waals surface area contributed by atoms with Crippen molar-refractivity contribution >= 4 is 12.4 Å². The van der Waals surface area contributed by atoms with Gasteiger partial charge in [-0.1, -0.05) is 6.92 Å². The van der Waals surface area contributed by atoms with Crippen molar-refractivity contribution in [2.24, 2.45) is 15.9 Å². The number of hydrogen-bond donors (Lipinski definition) is 0. The molecule has 0 saturated carbocycles. The van der Waals surface area contributed by atoms with E-state index in [1.54, 1.807) is 6.92 Å². The molecular weight excluding hydrogens is 150 g/mol. The minimum Gasteiger partial charge on any atom is -0.255 e. The van der Waals surface area contributed by atoms with Gasteiger partial charge in [0.25, 0.3) is 0 Å². The molecular formula is C7H8F2N2. The topological polar surface area (TPSA) is 24.7 Å². The first-order valence-electron chi connectivity index (χ1n) is 3.27. The van der Waals surface area contributed by atoms with Gasteiger partial charge in [-0.05, 0) is 6.08 Å². The van der Waals surface area contributed by atoms with Crippen molar-refractivity contribution in [3.05, 3.63) is 12.0 Å². The highest BCUT2D eigenvalue weighted by molar-refractivity contribution is 5.71. The molecule has 2 unspecified atom stereocenters. The molecule has 1 rings (SSSR count). The van der Waals surface area contributed by atoms with Crippen LogP contribution in [-0.4, -0.2) is 18.7 Å². The SMILES string of the molecule is CC1/C=N\C(F)/C=N\C(F)=C/1. The van der Waals surface area contributed by atoms with Crippen LogP contribution in [0.1, 0.15) is 6.92 Å². The van der Waals surface area contributed by atoms with Crippen molar-refractivity contribution in [1.82, 2.24) is 0 Å². The summed E-state index contributed by atoms with van der Waals surface area (Å²) in [6, 6.07) is 0. The molecule has 0 radical (unpaired) electrons. The molecule has 0 N–H and O–H groups in total. The molecule has 2 atom stereocenters. The Morgan fingerprint density at radius 1 is 1.45 bits per heavy atom. The van der Waals surface area contributed by atoms with Crippen LogP contribution in [0.15, 0.2) is 22.0 Å². The number of halogens is 2. The molecule has 0 aromatic heterocycles. The third kappa shape index (κ3) is 2.57. The number of hydrogen-bond acceptors (Lipinski definition) is 2. The molecule has 0 spiro atoms. The van der Waals surface area contributed by atoms with Crippen LogP contribution in [0.2, 0.25) is 0 Å². The lowest BCUT2D eigenvalue weighted by atomic mass is 10.2. The molecule has 60 valence electrons.